The molecule has 1 N–H and O–H groups in total. The zero-order chi connectivity index (χ0) is 11.5. The molecule has 0 unspecified atom stereocenters. The molecule has 2 aliphatic rings. The van der Waals surface area contributed by atoms with Crippen LogP contribution in [0.1, 0.15) is 56.2 Å². The van der Waals surface area contributed by atoms with Crippen LogP contribution in [-0.4, -0.2) is 23.2 Å². The van der Waals surface area contributed by atoms with E-state index in [0.29, 0.717) is 11.8 Å². The van der Waals surface area contributed by atoms with Crippen molar-refractivity contribution in [1.82, 2.24) is 15.5 Å². The fourth-order valence-corrected chi connectivity index (χ4v) is 3.05. The average molecular weight is 235 g/mol. The fraction of sp³-hybridized carbons (Fsp3) is 0.846. The predicted molar refractivity (Wildman–Crippen MR) is 64.8 cm³/mol. The van der Waals surface area contributed by atoms with E-state index >= 15 is 0 Å². The molecule has 1 saturated carbocycles. The Labute approximate surface area is 102 Å². The van der Waals surface area contributed by atoms with Gasteiger partial charge in [0.05, 0.1) is 0 Å². The number of hydrogen-bond donors (Lipinski definition) is 1. The maximum absolute atomic E-state index is 5.39. The summed E-state index contributed by atoms with van der Waals surface area (Å²) in [5.41, 5.74) is 0. The molecule has 2 heterocycles. The van der Waals surface area contributed by atoms with E-state index in [0.717, 1.165) is 31.2 Å². The predicted octanol–water partition coefficient (Wildman–Crippen LogP) is 2.27. The first kappa shape index (κ1) is 11.2. The lowest BCUT2D eigenvalue weighted by atomic mass is 9.96. The molecule has 1 aliphatic heterocycles. The zero-order valence-electron chi connectivity index (χ0n) is 10.3. The summed E-state index contributed by atoms with van der Waals surface area (Å²) in [6, 6.07) is 0. The van der Waals surface area contributed by atoms with Gasteiger partial charge in [-0.3, -0.25) is 0 Å². The Morgan fingerprint density at radius 3 is 2.82 bits per heavy atom. The molecule has 1 aromatic rings. The number of hydrogen-bond acceptors (Lipinski definition) is 4. The molecule has 4 heteroatoms. The first-order valence-corrected chi connectivity index (χ1v) is 6.95. The van der Waals surface area contributed by atoms with Gasteiger partial charge in [-0.2, -0.15) is 4.98 Å². The monoisotopic (exact) mass is 235 g/mol. The van der Waals surface area contributed by atoms with Crippen LogP contribution in [0.5, 0.6) is 0 Å². The number of rotatable bonds is 3. The summed E-state index contributed by atoms with van der Waals surface area (Å²) in [5.74, 6) is 3.06. The first-order chi connectivity index (χ1) is 8.42. The first-order valence-electron chi connectivity index (χ1n) is 6.95. The normalized spacial score (nSPS) is 26.5. The fourth-order valence-electron chi connectivity index (χ4n) is 3.05. The van der Waals surface area contributed by atoms with E-state index in [1.54, 1.807) is 0 Å². The largest absolute Gasteiger partial charge is 0.339 e. The highest BCUT2D eigenvalue weighted by atomic mass is 16.5. The third-order valence-electron chi connectivity index (χ3n) is 4.07. The van der Waals surface area contributed by atoms with Crippen molar-refractivity contribution in [2.45, 2.75) is 50.9 Å². The van der Waals surface area contributed by atoms with E-state index in [1.807, 2.05) is 0 Å². The molecule has 1 saturated heterocycles. The summed E-state index contributed by atoms with van der Waals surface area (Å²) >= 11 is 0. The van der Waals surface area contributed by atoms with Gasteiger partial charge in [-0.15, -0.1) is 0 Å². The lowest BCUT2D eigenvalue weighted by Crippen LogP contribution is -2.30. The molecular weight excluding hydrogens is 214 g/mol. The maximum atomic E-state index is 5.39. The van der Waals surface area contributed by atoms with Crippen LogP contribution in [0.25, 0.3) is 0 Å². The van der Waals surface area contributed by atoms with E-state index < -0.39 is 0 Å². The van der Waals surface area contributed by atoms with Crippen molar-refractivity contribution in [3.8, 4) is 0 Å². The Balaban J connectivity index is 1.59. The van der Waals surface area contributed by atoms with Gasteiger partial charge < -0.3 is 9.84 Å². The third kappa shape index (κ3) is 2.68. The minimum Gasteiger partial charge on any atom is -0.339 e. The molecule has 2 fully saturated rings. The van der Waals surface area contributed by atoms with Gasteiger partial charge in [0.1, 0.15) is 0 Å². The minimum absolute atomic E-state index is 0.567. The molecule has 1 atom stereocenters. The number of aromatic nitrogens is 2. The summed E-state index contributed by atoms with van der Waals surface area (Å²) in [6.45, 7) is 2.26. The molecule has 1 aromatic heterocycles. The standard InChI is InChI=1S/C13H21N3O/c1-2-6-11(5-1)13-15-12(17-16-13)8-10-4-3-7-14-9-10/h10-11,14H,1-9H2/t10-/m0/s1. The molecular formula is C13H21N3O. The molecule has 3 rings (SSSR count). The summed E-state index contributed by atoms with van der Waals surface area (Å²) in [7, 11) is 0. The molecule has 4 nitrogen and oxygen atoms in total. The second kappa shape index (κ2) is 5.17. The second-order valence-electron chi connectivity index (χ2n) is 5.44. The van der Waals surface area contributed by atoms with Gasteiger partial charge in [-0.05, 0) is 44.7 Å². The Kier molecular flexibility index (Phi) is 3.41. The summed E-state index contributed by atoms with van der Waals surface area (Å²) < 4.78 is 5.39. The summed E-state index contributed by atoms with van der Waals surface area (Å²) in [4.78, 5) is 4.58. The van der Waals surface area contributed by atoms with Crippen molar-refractivity contribution in [3.63, 3.8) is 0 Å². The van der Waals surface area contributed by atoms with E-state index in [9.17, 15) is 0 Å². The van der Waals surface area contributed by atoms with Crippen LogP contribution in [0.15, 0.2) is 4.52 Å². The van der Waals surface area contributed by atoms with Gasteiger partial charge in [0, 0.05) is 12.3 Å². The molecule has 0 radical (unpaired) electrons. The van der Waals surface area contributed by atoms with Crippen LogP contribution in [0.2, 0.25) is 0 Å². The zero-order valence-corrected chi connectivity index (χ0v) is 10.3. The third-order valence-corrected chi connectivity index (χ3v) is 4.07. The smallest absolute Gasteiger partial charge is 0.226 e. The Hall–Kier alpha value is -0.900. The highest BCUT2D eigenvalue weighted by molar-refractivity contribution is 4.98. The topological polar surface area (TPSA) is 51.0 Å². The van der Waals surface area contributed by atoms with Gasteiger partial charge in [0.25, 0.3) is 0 Å². The molecule has 1 aliphatic carbocycles. The SMILES string of the molecule is C1CCC(c2noc(C[C@@H]3CCCNC3)n2)C1. The minimum atomic E-state index is 0.567. The van der Waals surface area contributed by atoms with Gasteiger partial charge in [0.2, 0.25) is 5.89 Å². The van der Waals surface area contributed by atoms with Crippen molar-refractivity contribution < 1.29 is 4.52 Å². The van der Waals surface area contributed by atoms with E-state index in [1.165, 1.54) is 38.5 Å². The highest BCUT2D eigenvalue weighted by Gasteiger charge is 2.23. The van der Waals surface area contributed by atoms with Crippen molar-refractivity contribution in [1.29, 1.82) is 0 Å². The Morgan fingerprint density at radius 1 is 1.18 bits per heavy atom. The van der Waals surface area contributed by atoms with Crippen LogP contribution in [-0.2, 0) is 6.42 Å². The van der Waals surface area contributed by atoms with Crippen LogP contribution in [0.4, 0.5) is 0 Å². The molecule has 94 valence electrons. The van der Waals surface area contributed by atoms with Gasteiger partial charge in [0.15, 0.2) is 5.82 Å². The van der Waals surface area contributed by atoms with Crippen molar-refractivity contribution >= 4 is 0 Å². The van der Waals surface area contributed by atoms with Gasteiger partial charge in [-0.25, -0.2) is 0 Å². The van der Waals surface area contributed by atoms with Crippen molar-refractivity contribution in [3.05, 3.63) is 11.7 Å². The molecule has 0 aromatic carbocycles. The second-order valence-corrected chi connectivity index (χ2v) is 5.44. The lowest BCUT2D eigenvalue weighted by Gasteiger charge is -2.20. The summed E-state index contributed by atoms with van der Waals surface area (Å²) in [5, 5.41) is 7.58. The van der Waals surface area contributed by atoms with Crippen LogP contribution >= 0.6 is 0 Å². The molecule has 17 heavy (non-hydrogen) atoms. The highest BCUT2D eigenvalue weighted by Crippen LogP contribution is 2.32. The quantitative estimate of drug-likeness (QED) is 0.873. The summed E-state index contributed by atoms with van der Waals surface area (Å²) in [6.07, 6.45) is 8.63. The van der Waals surface area contributed by atoms with Gasteiger partial charge in [-0.1, -0.05) is 18.0 Å². The van der Waals surface area contributed by atoms with Crippen LogP contribution in [0.3, 0.4) is 0 Å². The Morgan fingerprint density at radius 2 is 2.06 bits per heavy atom. The van der Waals surface area contributed by atoms with E-state index in [-0.39, 0.29) is 0 Å². The molecule has 0 bridgehead atoms. The molecule has 0 spiro atoms. The van der Waals surface area contributed by atoms with E-state index in [4.69, 9.17) is 4.52 Å². The number of nitrogens with zero attached hydrogens (tertiary/aromatic N) is 2. The molecule has 0 amide bonds. The number of piperidine rings is 1. The lowest BCUT2D eigenvalue weighted by molar-refractivity contribution is 0.313. The Bertz CT molecular complexity index is 351. The average Bonchev–Trinajstić information content (AvgIpc) is 3.00. The van der Waals surface area contributed by atoms with Crippen molar-refractivity contribution in [2.75, 3.05) is 13.1 Å². The van der Waals surface area contributed by atoms with Crippen LogP contribution < -0.4 is 5.32 Å². The van der Waals surface area contributed by atoms with E-state index in [2.05, 4.69) is 15.5 Å². The van der Waals surface area contributed by atoms with Crippen LogP contribution in [0, 0.1) is 5.92 Å². The van der Waals surface area contributed by atoms with Crippen molar-refractivity contribution in [2.24, 2.45) is 5.92 Å². The number of nitrogens with one attached hydrogen (secondary N) is 1. The maximum Gasteiger partial charge on any atom is 0.226 e. The van der Waals surface area contributed by atoms with Gasteiger partial charge >= 0.3 is 0 Å².